The minimum atomic E-state index is -0.335. The van der Waals surface area contributed by atoms with Crippen LogP contribution < -0.4 is 5.32 Å². The Labute approximate surface area is 171 Å². The first-order chi connectivity index (χ1) is 14.0. The van der Waals surface area contributed by atoms with E-state index in [1.54, 1.807) is 23.1 Å². The summed E-state index contributed by atoms with van der Waals surface area (Å²) in [6.45, 7) is 6.92. The summed E-state index contributed by atoms with van der Waals surface area (Å²) < 4.78 is 0. The molecule has 2 amide bonds. The maximum absolute atomic E-state index is 12.9. The van der Waals surface area contributed by atoms with Gasteiger partial charge in [-0.25, -0.2) is 4.98 Å². The number of rotatable bonds is 6. The standard InChI is InChI=1S/C24H25N3O2/c1-4-27(16-19-9-6-5-7-10-19)24(29)22-12-8-11-21(25-22)23(28)26-20-14-13-17(2)15-18(20)3/h5-15H,4,16H2,1-3H3,(H,26,28). The van der Waals surface area contributed by atoms with Crippen molar-refractivity contribution in [2.24, 2.45) is 0 Å². The van der Waals surface area contributed by atoms with Gasteiger partial charge in [0.15, 0.2) is 0 Å². The fourth-order valence-electron chi connectivity index (χ4n) is 3.11. The Bertz CT molecular complexity index is 1020. The molecule has 3 aromatic rings. The van der Waals surface area contributed by atoms with Gasteiger partial charge in [0.1, 0.15) is 11.4 Å². The zero-order valence-corrected chi connectivity index (χ0v) is 17.0. The van der Waals surface area contributed by atoms with E-state index in [2.05, 4.69) is 10.3 Å². The molecule has 5 heteroatoms. The van der Waals surface area contributed by atoms with Crippen molar-refractivity contribution < 1.29 is 9.59 Å². The molecule has 0 aliphatic rings. The third-order valence-corrected chi connectivity index (χ3v) is 4.72. The number of benzene rings is 2. The van der Waals surface area contributed by atoms with Gasteiger partial charge in [-0.15, -0.1) is 0 Å². The van der Waals surface area contributed by atoms with Crippen LogP contribution >= 0.6 is 0 Å². The van der Waals surface area contributed by atoms with Crippen LogP contribution in [0.25, 0.3) is 0 Å². The zero-order chi connectivity index (χ0) is 20.8. The summed E-state index contributed by atoms with van der Waals surface area (Å²) in [5.74, 6) is -0.532. The van der Waals surface area contributed by atoms with Crippen molar-refractivity contribution in [3.8, 4) is 0 Å². The van der Waals surface area contributed by atoms with Crippen molar-refractivity contribution in [2.75, 3.05) is 11.9 Å². The normalized spacial score (nSPS) is 10.4. The van der Waals surface area contributed by atoms with E-state index < -0.39 is 0 Å². The van der Waals surface area contributed by atoms with Gasteiger partial charge in [0.25, 0.3) is 11.8 Å². The molecule has 0 bridgehead atoms. The predicted octanol–water partition coefficient (Wildman–Crippen LogP) is 4.61. The number of carbonyl (C=O) groups is 2. The number of hydrogen-bond donors (Lipinski definition) is 1. The first kappa shape index (κ1) is 20.3. The molecule has 148 valence electrons. The molecule has 0 spiro atoms. The molecule has 0 saturated carbocycles. The van der Waals surface area contributed by atoms with E-state index >= 15 is 0 Å². The number of pyridine rings is 1. The fourth-order valence-corrected chi connectivity index (χ4v) is 3.11. The van der Waals surface area contributed by atoms with Crippen LogP contribution in [0.1, 0.15) is 44.6 Å². The SMILES string of the molecule is CCN(Cc1ccccc1)C(=O)c1cccc(C(=O)Nc2ccc(C)cc2C)n1. The number of amides is 2. The van der Waals surface area contributed by atoms with Crippen LogP contribution in [0.3, 0.4) is 0 Å². The van der Waals surface area contributed by atoms with Gasteiger partial charge < -0.3 is 10.2 Å². The molecule has 0 radical (unpaired) electrons. The van der Waals surface area contributed by atoms with Crippen LogP contribution in [0, 0.1) is 13.8 Å². The number of nitrogens with zero attached hydrogens (tertiary/aromatic N) is 2. The van der Waals surface area contributed by atoms with Crippen molar-refractivity contribution in [3.63, 3.8) is 0 Å². The van der Waals surface area contributed by atoms with Crippen LogP contribution in [0.5, 0.6) is 0 Å². The smallest absolute Gasteiger partial charge is 0.274 e. The van der Waals surface area contributed by atoms with Crippen molar-refractivity contribution >= 4 is 17.5 Å². The summed E-state index contributed by atoms with van der Waals surface area (Å²) in [5, 5.41) is 2.88. The van der Waals surface area contributed by atoms with E-state index in [-0.39, 0.29) is 23.2 Å². The third kappa shape index (κ3) is 5.08. The van der Waals surface area contributed by atoms with E-state index in [1.807, 2.05) is 69.3 Å². The van der Waals surface area contributed by atoms with E-state index in [0.717, 1.165) is 22.4 Å². The molecular formula is C24H25N3O2. The number of aryl methyl sites for hydroxylation is 2. The summed E-state index contributed by atoms with van der Waals surface area (Å²) in [6.07, 6.45) is 0. The Morgan fingerprint density at radius 3 is 2.34 bits per heavy atom. The molecule has 0 saturated heterocycles. The lowest BCUT2D eigenvalue weighted by atomic mass is 10.1. The van der Waals surface area contributed by atoms with Crippen molar-refractivity contribution in [1.29, 1.82) is 0 Å². The molecular weight excluding hydrogens is 362 g/mol. The maximum Gasteiger partial charge on any atom is 0.274 e. The molecule has 0 aliphatic heterocycles. The average molecular weight is 387 g/mol. The monoisotopic (exact) mass is 387 g/mol. The Morgan fingerprint density at radius 1 is 0.931 bits per heavy atom. The fraction of sp³-hybridized carbons (Fsp3) is 0.208. The molecule has 1 N–H and O–H groups in total. The van der Waals surface area contributed by atoms with Crippen LogP contribution in [-0.2, 0) is 6.54 Å². The average Bonchev–Trinajstić information content (AvgIpc) is 2.74. The Balaban J connectivity index is 1.77. The lowest BCUT2D eigenvalue weighted by Gasteiger charge is -2.20. The summed E-state index contributed by atoms with van der Waals surface area (Å²) in [7, 11) is 0. The van der Waals surface area contributed by atoms with Crippen LogP contribution in [0.2, 0.25) is 0 Å². The number of aromatic nitrogens is 1. The van der Waals surface area contributed by atoms with Crippen molar-refractivity contribution in [2.45, 2.75) is 27.3 Å². The summed E-state index contributed by atoms with van der Waals surface area (Å²) in [6, 6.07) is 20.6. The lowest BCUT2D eigenvalue weighted by molar-refractivity contribution is 0.0746. The van der Waals surface area contributed by atoms with Crippen LogP contribution in [-0.4, -0.2) is 28.2 Å². The highest BCUT2D eigenvalue weighted by Gasteiger charge is 2.18. The maximum atomic E-state index is 12.9. The first-order valence-corrected chi connectivity index (χ1v) is 9.66. The third-order valence-electron chi connectivity index (χ3n) is 4.72. The topological polar surface area (TPSA) is 62.3 Å². The second-order valence-electron chi connectivity index (χ2n) is 6.99. The van der Waals surface area contributed by atoms with Crippen LogP contribution in [0.15, 0.2) is 66.7 Å². The van der Waals surface area contributed by atoms with E-state index in [1.165, 1.54) is 0 Å². The number of hydrogen-bond acceptors (Lipinski definition) is 3. The molecule has 0 unspecified atom stereocenters. The molecule has 1 aromatic heterocycles. The van der Waals surface area contributed by atoms with Gasteiger partial charge in [-0.05, 0) is 50.1 Å². The highest BCUT2D eigenvalue weighted by molar-refractivity contribution is 6.04. The van der Waals surface area contributed by atoms with Crippen molar-refractivity contribution in [1.82, 2.24) is 9.88 Å². The molecule has 0 atom stereocenters. The molecule has 2 aromatic carbocycles. The lowest BCUT2D eigenvalue weighted by Crippen LogP contribution is -2.31. The zero-order valence-electron chi connectivity index (χ0n) is 17.0. The molecule has 1 heterocycles. The van der Waals surface area contributed by atoms with Gasteiger partial charge in [0, 0.05) is 18.8 Å². The van der Waals surface area contributed by atoms with E-state index in [0.29, 0.717) is 13.1 Å². The molecule has 0 fully saturated rings. The minimum absolute atomic E-state index is 0.197. The van der Waals surface area contributed by atoms with Gasteiger partial charge in [0.2, 0.25) is 0 Å². The molecule has 3 rings (SSSR count). The van der Waals surface area contributed by atoms with E-state index in [4.69, 9.17) is 0 Å². The summed E-state index contributed by atoms with van der Waals surface area (Å²) >= 11 is 0. The highest BCUT2D eigenvalue weighted by atomic mass is 16.2. The summed E-state index contributed by atoms with van der Waals surface area (Å²) in [4.78, 5) is 31.6. The molecule has 0 aliphatic carbocycles. The second kappa shape index (κ2) is 9.15. The van der Waals surface area contributed by atoms with Gasteiger partial charge in [-0.3, -0.25) is 9.59 Å². The van der Waals surface area contributed by atoms with Gasteiger partial charge in [-0.1, -0.05) is 54.1 Å². The Hall–Kier alpha value is -3.47. The number of carbonyl (C=O) groups excluding carboxylic acids is 2. The van der Waals surface area contributed by atoms with E-state index in [9.17, 15) is 9.59 Å². The predicted molar refractivity (Wildman–Crippen MR) is 115 cm³/mol. The number of anilines is 1. The second-order valence-corrected chi connectivity index (χ2v) is 6.99. The van der Waals surface area contributed by atoms with Crippen LogP contribution in [0.4, 0.5) is 5.69 Å². The first-order valence-electron chi connectivity index (χ1n) is 9.66. The largest absolute Gasteiger partial charge is 0.333 e. The van der Waals surface area contributed by atoms with Gasteiger partial charge >= 0.3 is 0 Å². The highest BCUT2D eigenvalue weighted by Crippen LogP contribution is 2.17. The Morgan fingerprint density at radius 2 is 1.66 bits per heavy atom. The summed E-state index contributed by atoms with van der Waals surface area (Å²) in [5.41, 5.74) is 4.36. The number of nitrogens with one attached hydrogen (secondary N) is 1. The molecule has 5 nitrogen and oxygen atoms in total. The molecule has 29 heavy (non-hydrogen) atoms. The quantitative estimate of drug-likeness (QED) is 0.672. The Kier molecular flexibility index (Phi) is 6.39. The van der Waals surface area contributed by atoms with Crippen molar-refractivity contribution in [3.05, 3.63) is 94.8 Å². The van der Waals surface area contributed by atoms with Gasteiger partial charge in [-0.2, -0.15) is 0 Å². The minimum Gasteiger partial charge on any atom is -0.333 e. The van der Waals surface area contributed by atoms with Gasteiger partial charge in [0.05, 0.1) is 0 Å².